The lowest BCUT2D eigenvalue weighted by molar-refractivity contribution is -0.119. The number of alkyl halides is 3. The number of thioether (sulfide) groups is 1. The molecular formula is C24H31F3N4O3S2. The number of hydrogen-bond donors (Lipinski definition) is 0. The molecule has 12 heteroatoms. The van der Waals surface area contributed by atoms with Gasteiger partial charge in [0.05, 0.1) is 36.7 Å². The van der Waals surface area contributed by atoms with Crippen LogP contribution in [0, 0.1) is 13.8 Å². The van der Waals surface area contributed by atoms with Crippen molar-refractivity contribution in [2.45, 2.75) is 81.4 Å². The van der Waals surface area contributed by atoms with Crippen molar-refractivity contribution in [1.82, 2.24) is 9.97 Å². The summed E-state index contributed by atoms with van der Waals surface area (Å²) in [6, 6.07) is 3.75. The molecule has 7 nitrogen and oxygen atoms in total. The van der Waals surface area contributed by atoms with E-state index in [1.54, 1.807) is 38.2 Å². The Kier molecular flexibility index (Phi) is 7.78. The predicted octanol–water partition coefficient (Wildman–Crippen LogP) is 6.12. The van der Waals surface area contributed by atoms with Crippen LogP contribution in [-0.2, 0) is 15.2 Å². The highest BCUT2D eigenvalue weighted by atomic mass is 32.2. The van der Waals surface area contributed by atoms with Gasteiger partial charge in [0.2, 0.25) is 0 Å². The van der Waals surface area contributed by atoms with Crippen molar-refractivity contribution in [3.05, 3.63) is 28.4 Å². The molecular weight excluding hydrogens is 513 g/mol. The minimum atomic E-state index is -4.63. The van der Waals surface area contributed by atoms with Gasteiger partial charge in [0.1, 0.15) is 18.0 Å². The van der Waals surface area contributed by atoms with Crippen LogP contribution in [0.1, 0.15) is 49.9 Å². The average molecular weight is 545 g/mol. The first-order valence-corrected chi connectivity index (χ1v) is 13.6. The predicted molar refractivity (Wildman–Crippen MR) is 135 cm³/mol. The summed E-state index contributed by atoms with van der Waals surface area (Å²) in [5, 5.41) is 0. The third-order valence-electron chi connectivity index (χ3n) is 5.97. The molecule has 4 rings (SSSR count). The number of morpholine rings is 1. The molecule has 2 aliphatic heterocycles. The molecule has 2 aromatic rings. The molecule has 2 atom stereocenters. The minimum absolute atomic E-state index is 0.0768. The van der Waals surface area contributed by atoms with Gasteiger partial charge in [-0.25, -0.2) is 14.8 Å². The standard InChI is InChI=1S/C24H31F3N4O3S2/c1-14-15(2)36-21(28-14)35-12-16-8-19(31-17-6-7-18(31)11-33-10-17)9-20(29-16)30(13-24(25,26)27)22(32)34-23(3,4)5/h8-9,17-18H,6-7,10-13H2,1-5H3. The third kappa shape index (κ3) is 6.63. The molecule has 2 saturated heterocycles. The number of halogens is 3. The van der Waals surface area contributed by atoms with Gasteiger partial charge < -0.3 is 14.4 Å². The highest BCUT2D eigenvalue weighted by Gasteiger charge is 2.40. The van der Waals surface area contributed by atoms with Crippen molar-refractivity contribution in [2.75, 3.05) is 29.6 Å². The lowest BCUT2D eigenvalue weighted by Gasteiger charge is -2.37. The fourth-order valence-corrected chi connectivity index (χ4v) is 6.39. The van der Waals surface area contributed by atoms with Crippen molar-refractivity contribution >= 4 is 40.7 Å². The Morgan fingerprint density at radius 3 is 2.42 bits per heavy atom. The molecule has 2 fully saturated rings. The third-order valence-corrected chi connectivity index (χ3v) is 8.22. The first-order valence-electron chi connectivity index (χ1n) is 11.8. The maximum absolute atomic E-state index is 13.6. The summed E-state index contributed by atoms with van der Waals surface area (Å²) in [5.41, 5.74) is 1.31. The molecule has 0 aromatic carbocycles. The summed E-state index contributed by atoms with van der Waals surface area (Å²) in [4.78, 5) is 25.9. The topological polar surface area (TPSA) is 67.8 Å². The molecule has 2 aliphatic rings. The van der Waals surface area contributed by atoms with E-state index in [0.29, 0.717) is 29.6 Å². The quantitative estimate of drug-likeness (QED) is 0.406. The average Bonchev–Trinajstić information content (AvgIpc) is 3.22. The molecule has 0 saturated carbocycles. The second-order valence-electron chi connectivity index (χ2n) is 10.1. The second kappa shape index (κ2) is 10.4. The van der Waals surface area contributed by atoms with E-state index in [0.717, 1.165) is 33.4 Å². The molecule has 0 aliphatic carbocycles. The second-order valence-corrected chi connectivity index (χ2v) is 12.5. The largest absolute Gasteiger partial charge is 0.443 e. The number of aryl methyl sites for hydroxylation is 2. The van der Waals surface area contributed by atoms with Crippen molar-refractivity contribution in [1.29, 1.82) is 0 Å². The van der Waals surface area contributed by atoms with E-state index in [2.05, 4.69) is 14.9 Å². The summed E-state index contributed by atoms with van der Waals surface area (Å²) >= 11 is 3.05. The summed E-state index contributed by atoms with van der Waals surface area (Å²) in [6.45, 7) is 8.42. The highest BCUT2D eigenvalue weighted by Crippen LogP contribution is 2.37. The van der Waals surface area contributed by atoms with Crippen LogP contribution in [0.2, 0.25) is 0 Å². The number of aromatic nitrogens is 2. The van der Waals surface area contributed by atoms with E-state index in [1.165, 1.54) is 11.8 Å². The molecule has 2 aromatic heterocycles. The van der Waals surface area contributed by atoms with Gasteiger partial charge in [-0.1, -0.05) is 11.8 Å². The van der Waals surface area contributed by atoms with Crippen molar-refractivity contribution in [3.8, 4) is 0 Å². The van der Waals surface area contributed by atoms with E-state index in [-0.39, 0.29) is 17.9 Å². The molecule has 4 heterocycles. The molecule has 1 amide bonds. The van der Waals surface area contributed by atoms with Gasteiger partial charge in [0.15, 0.2) is 4.34 Å². The van der Waals surface area contributed by atoms with Crippen LogP contribution >= 0.6 is 23.1 Å². The molecule has 2 bridgehead atoms. The van der Waals surface area contributed by atoms with E-state index in [9.17, 15) is 18.0 Å². The number of thiazole rings is 1. The number of carbonyl (C=O) groups excluding carboxylic acids is 1. The summed E-state index contributed by atoms with van der Waals surface area (Å²) in [5.74, 6) is 0.327. The lowest BCUT2D eigenvalue weighted by atomic mass is 10.2. The normalized spacial score (nSPS) is 20.1. The van der Waals surface area contributed by atoms with Crippen molar-refractivity contribution in [2.24, 2.45) is 0 Å². The van der Waals surface area contributed by atoms with Gasteiger partial charge in [-0.2, -0.15) is 13.2 Å². The molecule has 0 spiro atoms. The number of rotatable bonds is 6. The number of amides is 1. The zero-order chi connectivity index (χ0) is 26.3. The van der Waals surface area contributed by atoms with E-state index >= 15 is 0 Å². The maximum Gasteiger partial charge on any atom is 0.416 e. The van der Waals surface area contributed by atoms with Crippen LogP contribution in [0.15, 0.2) is 16.5 Å². The SMILES string of the molecule is Cc1nc(SCc2cc(N3C4CCC3COC4)cc(N(CC(F)(F)F)C(=O)OC(C)(C)C)n2)sc1C. The highest BCUT2D eigenvalue weighted by molar-refractivity contribution is 8.00. The molecule has 2 unspecified atom stereocenters. The van der Waals surface area contributed by atoms with Crippen LogP contribution in [0.3, 0.4) is 0 Å². The summed E-state index contributed by atoms with van der Waals surface area (Å²) < 4.78 is 52.6. The Bertz CT molecular complexity index is 1070. The van der Waals surface area contributed by atoms with Gasteiger partial charge in [0.25, 0.3) is 0 Å². The number of carbonyl (C=O) groups is 1. The Morgan fingerprint density at radius 2 is 1.86 bits per heavy atom. The van der Waals surface area contributed by atoms with Gasteiger partial charge in [-0.3, -0.25) is 4.90 Å². The molecule has 0 radical (unpaired) electrons. The van der Waals surface area contributed by atoms with Crippen LogP contribution in [0.4, 0.5) is 29.5 Å². The number of pyridine rings is 1. The van der Waals surface area contributed by atoms with E-state index < -0.39 is 24.4 Å². The smallest absolute Gasteiger partial charge is 0.416 e. The van der Waals surface area contributed by atoms with Gasteiger partial charge in [0, 0.05) is 22.4 Å². The Morgan fingerprint density at radius 1 is 1.19 bits per heavy atom. The van der Waals surface area contributed by atoms with E-state index in [1.807, 2.05) is 19.9 Å². The zero-order valence-electron chi connectivity index (χ0n) is 21.0. The Labute approximate surface area is 217 Å². The fraction of sp³-hybridized carbons (Fsp3) is 0.625. The van der Waals surface area contributed by atoms with Crippen LogP contribution < -0.4 is 9.80 Å². The number of anilines is 2. The van der Waals surface area contributed by atoms with Gasteiger partial charge in [-0.05, 0) is 53.5 Å². The first-order chi connectivity index (χ1) is 16.8. The zero-order valence-corrected chi connectivity index (χ0v) is 22.6. The van der Waals surface area contributed by atoms with Gasteiger partial charge >= 0.3 is 12.3 Å². The Hall–Kier alpha value is -2.05. The molecule has 198 valence electrons. The Balaban J connectivity index is 1.71. The summed E-state index contributed by atoms with van der Waals surface area (Å²) in [7, 11) is 0. The van der Waals surface area contributed by atoms with Crippen molar-refractivity contribution in [3.63, 3.8) is 0 Å². The minimum Gasteiger partial charge on any atom is -0.443 e. The molecule has 0 N–H and O–H groups in total. The lowest BCUT2D eigenvalue weighted by Crippen LogP contribution is -2.46. The van der Waals surface area contributed by atoms with Crippen molar-refractivity contribution < 1.29 is 27.4 Å². The first kappa shape index (κ1) is 27.0. The van der Waals surface area contributed by atoms with Crippen LogP contribution in [0.25, 0.3) is 0 Å². The van der Waals surface area contributed by atoms with Crippen LogP contribution in [0.5, 0.6) is 0 Å². The number of ether oxygens (including phenoxy) is 2. The maximum atomic E-state index is 13.6. The number of hydrogen-bond acceptors (Lipinski definition) is 8. The molecule has 36 heavy (non-hydrogen) atoms. The summed E-state index contributed by atoms with van der Waals surface area (Å²) in [6.07, 6.45) is -3.82. The monoisotopic (exact) mass is 544 g/mol. The fourth-order valence-electron chi connectivity index (χ4n) is 4.34. The van der Waals surface area contributed by atoms with E-state index in [4.69, 9.17) is 9.47 Å². The number of nitrogens with zero attached hydrogens (tertiary/aromatic N) is 4. The number of fused-ring (bicyclic) bond motifs is 2. The van der Waals surface area contributed by atoms with Crippen LogP contribution in [-0.4, -0.2) is 59.7 Å². The van der Waals surface area contributed by atoms with Gasteiger partial charge in [-0.15, -0.1) is 11.3 Å².